The molecule has 1 aromatic rings. The van der Waals surface area contributed by atoms with Crippen molar-refractivity contribution < 1.29 is 30.7 Å². The highest BCUT2D eigenvalue weighted by Gasteiger charge is 2.22. The van der Waals surface area contributed by atoms with Crippen LogP contribution < -0.4 is 4.74 Å². The Bertz CT molecular complexity index is 841. The maximum absolute atomic E-state index is 11.9. The molecule has 1 rings (SSSR count). The van der Waals surface area contributed by atoms with Crippen LogP contribution in [0.15, 0.2) is 12.1 Å². The number of ether oxygens (including phenoxy) is 1. The summed E-state index contributed by atoms with van der Waals surface area (Å²) in [5, 5.41) is 18.3. The molecule has 0 unspecified atom stereocenters. The summed E-state index contributed by atoms with van der Waals surface area (Å²) in [4.78, 5) is 22.4. The van der Waals surface area contributed by atoms with Gasteiger partial charge >= 0.3 is 31.7 Å². The van der Waals surface area contributed by atoms with Gasteiger partial charge in [0.1, 0.15) is 5.75 Å². The third-order valence-electron chi connectivity index (χ3n) is 6.36. The van der Waals surface area contributed by atoms with Gasteiger partial charge in [-0.2, -0.15) is 0 Å². The first-order chi connectivity index (χ1) is 17.4. The third kappa shape index (κ3) is 14.8. The monoisotopic (exact) mass is 620 g/mol. The van der Waals surface area contributed by atoms with Crippen LogP contribution in [0.4, 0.5) is 0 Å². The van der Waals surface area contributed by atoms with Crippen LogP contribution >= 0.6 is 19.8 Å². The van der Waals surface area contributed by atoms with E-state index in [1.165, 1.54) is 95.6 Å². The zero-order valence-electron chi connectivity index (χ0n) is 21.9. The van der Waals surface area contributed by atoms with E-state index >= 15 is 0 Å². The van der Waals surface area contributed by atoms with E-state index in [-0.39, 0.29) is 20.4 Å². The molecule has 0 aromatic heterocycles. The van der Waals surface area contributed by atoms with Crippen LogP contribution in [-0.2, 0) is 28.6 Å². The van der Waals surface area contributed by atoms with Crippen molar-refractivity contribution in [2.45, 2.75) is 122 Å². The molecule has 0 aliphatic rings. The van der Waals surface area contributed by atoms with Crippen LogP contribution in [0.1, 0.15) is 121 Å². The first-order valence-corrected chi connectivity index (χ1v) is 16.5. The van der Waals surface area contributed by atoms with Crippen molar-refractivity contribution >= 4 is 31.7 Å². The second-order valence-corrected chi connectivity index (χ2v) is 11.8. The molecule has 1 aromatic carbocycles. The van der Waals surface area contributed by atoms with Crippen molar-refractivity contribution in [1.29, 1.82) is 0 Å². The molecular weight excluding hydrogens is 575 g/mol. The van der Waals surface area contributed by atoms with Gasteiger partial charge in [-0.1, -0.05) is 109 Å². The van der Waals surface area contributed by atoms with Gasteiger partial charge < -0.3 is 14.9 Å². The highest BCUT2D eigenvalue weighted by Crippen LogP contribution is 2.33. The number of aliphatic carboxylic acids is 2. The zero-order valence-corrected chi connectivity index (χ0v) is 24.1. The highest BCUT2D eigenvalue weighted by molar-refractivity contribution is 14.2. The molecule has 0 saturated carbocycles. The second kappa shape index (κ2) is 20.4. The maximum Gasteiger partial charge on any atom is 0.341 e. The Morgan fingerprint density at radius 2 is 1.14 bits per heavy atom. The summed E-state index contributed by atoms with van der Waals surface area (Å²) in [6.07, 6.45) is 19.3. The Hall–Kier alpha value is -1.71. The van der Waals surface area contributed by atoms with Crippen LogP contribution in [-0.4, -0.2) is 28.8 Å². The molecule has 0 heterocycles. The molecule has 0 aliphatic heterocycles. The maximum atomic E-state index is 11.9. The Labute approximate surface area is 223 Å². The first-order valence-electron chi connectivity index (χ1n) is 13.6. The molecule has 0 bridgehead atoms. The van der Waals surface area contributed by atoms with E-state index < -0.39 is 44.6 Å². The van der Waals surface area contributed by atoms with Crippen LogP contribution in [0.2, 0.25) is 0 Å². The quantitative estimate of drug-likeness (QED) is 0.0942. The van der Waals surface area contributed by atoms with Crippen LogP contribution in [0.3, 0.4) is 0 Å². The predicted molar refractivity (Wildman–Crippen MR) is 148 cm³/mol. The zero-order chi connectivity index (χ0) is 26.6. The second-order valence-electron chi connectivity index (χ2n) is 9.53. The molecule has 206 valence electrons. The number of hydrogen-bond acceptors (Lipinski definition) is 5. The predicted octanol–water partition coefficient (Wildman–Crippen LogP) is 7.95. The summed E-state index contributed by atoms with van der Waals surface area (Å²) in [5.41, 5.74) is 0.177. The van der Waals surface area contributed by atoms with Gasteiger partial charge in [0, 0.05) is 5.56 Å². The highest BCUT2D eigenvalue weighted by atomic mass is 127. The van der Waals surface area contributed by atoms with Crippen LogP contribution in [0, 0.1) is 3.57 Å². The number of carboxylic acid groups (broad SMARTS) is 2. The van der Waals surface area contributed by atoms with E-state index in [9.17, 15) is 20.8 Å². The lowest BCUT2D eigenvalue weighted by atomic mass is 10.0. The topological polar surface area (TPSA) is 118 Å². The summed E-state index contributed by atoms with van der Waals surface area (Å²) in [7, 11) is 0. The summed E-state index contributed by atoms with van der Waals surface area (Å²) in [6, 6.07) is 2.91. The molecule has 0 saturated heterocycles. The van der Waals surface area contributed by atoms with E-state index in [1.807, 2.05) is 0 Å². The van der Waals surface area contributed by atoms with Crippen molar-refractivity contribution in [1.82, 2.24) is 0 Å². The van der Waals surface area contributed by atoms with Crippen LogP contribution in [0.25, 0.3) is 0 Å². The molecule has 7 nitrogen and oxygen atoms in total. The Kier molecular flexibility index (Phi) is 18.3. The number of unbranched alkanes of at least 4 members (excludes halogenated alkanes) is 15. The standard InChI is InChI=1S/C28H45IO7/c1-2-3-4-5-6-7-8-9-10-11-12-13-14-15-16-17-20-36-25-19-18-23(21-26(30)31)28(29(34)35)24(25)22-27(32)33/h18-19H,2-17,20-22H2,1H3,(H,30,31)(H,32,33). The third-order valence-corrected chi connectivity index (χ3v) is 8.58. The molecule has 36 heavy (non-hydrogen) atoms. The van der Waals surface area contributed by atoms with Gasteiger partial charge in [0.05, 0.1) is 23.0 Å². The van der Waals surface area contributed by atoms with Gasteiger partial charge in [-0.3, -0.25) is 9.59 Å². The molecule has 0 spiro atoms. The van der Waals surface area contributed by atoms with E-state index in [2.05, 4.69) is 6.92 Å². The number of hydrogen-bond donors (Lipinski definition) is 2. The number of rotatable bonds is 23. The molecule has 0 radical (unpaired) electrons. The fraction of sp³-hybridized carbons (Fsp3) is 0.714. The van der Waals surface area contributed by atoms with E-state index in [4.69, 9.17) is 9.84 Å². The van der Waals surface area contributed by atoms with Gasteiger partial charge in [0.15, 0.2) is 0 Å². The van der Waals surface area contributed by atoms with Crippen molar-refractivity contribution in [2.24, 2.45) is 0 Å². The minimum atomic E-state index is -4.13. The number of carbonyl (C=O) groups is 2. The van der Waals surface area contributed by atoms with E-state index in [0.717, 1.165) is 19.3 Å². The Morgan fingerprint density at radius 3 is 1.56 bits per heavy atom. The summed E-state index contributed by atoms with van der Waals surface area (Å²) >= 11 is -4.13. The van der Waals surface area contributed by atoms with Crippen molar-refractivity contribution in [3.05, 3.63) is 26.8 Å². The molecule has 0 amide bonds. The van der Waals surface area contributed by atoms with Crippen molar-refractivity contribution in [3.8, 4) is 5.75 Å². The molecule has 0 aliphatic carbocycles. The summed E-state index contributed by atoms with van der Waals surface area (Å²) in [6.45, 7) is 2.62. The van der Waals surface area contributed by atoms with Crippen molar-refractivity contribution in [2.75, 3.05) is 6.61 Å². The minimum Gasteiger partial charge on any atom is -0.493 e. The fourth-order valence-electron chi connectivity index (χ4n) is 4.43. The van der Waals surface area contributed by atoms with Crippen molar-refractivity contribution in [3.63, 3.8) is 0 Å². The molecule has 0 atom stereocenters. The number of halogens is 1. The Morgan fingerprint density at radius 1 is 0.694 bits per heavy atom. The fourth-order valence-corrected chi connectivity index (χ4v) is 6.35. The molecule has 2 N–H and O–H groups in total. The lowest BCUT2D eigenvalue weighted by Crippen LogP contribution is -2.11. The average Bonchev–Trinajstić information content (AvgIpc) is 2.81. The molecule has 0 fully saturated rings. The lowest BCUT2D eigenvalue weighted by molar-refractivity contribution is -0.137. The summed E-state index contributed by atoms with van der Waals surface area (Å²) in [5.74, 6) is -2.14. The van der Waals surface area contributed by atoms with Gasteiger partial charge in [-0.15, -0.1) is 0 Å². The van der Waals surface area contributed by atoms with E-state index in [1.54, 1.807) is 0 Å². The SMILES string of the molecule is CCCCCCCCCCCCCCCCCCOc1ccc(CC(=O)O)c(I(=O)=O)c1CC(=O)O. The smallest absolute Gasteiger partial charge is 0.341 e. The van der Waals surface area contributed by atoms with Gasteiger partial charge in [0.25, 0.3) is 0 Å². The molecule has 8 heteroatoms. The Balaban J connectivity index is 2.25. The van der Waals surface area contributed by atoms with E-state index in [0.29, 0.717) is 6.61 Å². The summed E-state index contributed by atoms with van der Waals surface area (Å²) < 4.78 is 29.3. The first kappa shape index (κ1) is 32.3. The largest absolute Gasteiger partial charge is 0.493 e. The number of benzene rings is 1. The van der Waals surface area contributed by atoms with Gasteiger partial charge in [-0.05, 0) is 18.1 Å². The van der Waals surface area contributed by atoms with Gasteiger partial charge in [0.2, 0.25) is 0 Å². The normalized spacial score (nSPS) is 11.2. The average molecular weight is 621 g/mol. The minimum absolute atomic E-state index is 0.0629. The molecular formula is C28H45IO7. The number of carboxylic acids is 2. The lowest BCUT2D eigenvalue weighted by Gasteiger charge is -2.14. The van der Waals surface area contributed by atoms with Crippen LogP contribution in [0.5, 0.6) is 5.75 Å². The van der Waals surface area contributed by atoms with Gasteiger partial charge in [-0.25, -0.2) is 6.14 Å².